The number of thioether (sulfide) groups is 1. The number of ether oxygens (including phenoxy) is 1. The van der Waals surface area contributed by atoms with Gasteiger partial charge in [-0.05, 0) is 25.0 Å². The Balaban J connectivity index is 1.87. The summed E-state index contributed by atoms with van der Waals surface area (Å²) < 4.78 is 5.34. The second kappa shape index (κ2) is 4.47. The van der Waals surface area contributed by atoms with Gasteiger partial charge in [0.15, 0.2) is 0 Å². The number of rotatable bonds is 2. The molecule has 0 aromatic heterocycles. The lowest BCUT2D eigenvalue weighted by atomic mass is 9.89. The fourth-order valence-corrected chi connectivity index (χ4v) is 3.29. The fourth-order valence-electron chi connectivity index (χ4n) is 2.06. The molecule has 0 aromatic rings. The quantitative estimate of drug-likeness (QED) is 0.679. The molecule has 0 spiro atoms. The molecule has 0 saturated carbocycles. The molecule has 2 saturated heterocycles. The van der Waals surface area contributed by atoms with Gasteiger partial charge in [-0.3, -0.25) is 4.79 Å². The SMILES string of the molecule is O=C(C1CCCOC1)C1CCSC1. The molecular formula is C10H16O2S. The Bertz CT molecular complexity index is 181. The molecule has 2 aliphatic rings. The molecule has 0 bridgehead atoms. The smallest absolute Gasteiger partial charge is 0.142 e. The molecule has 13 heavy (non-hydrogen) atoms. The van der Waals surface area contributed by atoms with Gasteiger partial charge in [0.1, 0.15) is 5.78 Å². The zero-order chi connectivity index (χ0) is 9.10. The van der Waals surface area contributed by atoms with Crippen molar-refractivity contribution in [2.75, 3.05) is 24.7 Å². The highest BCUT2D eigenvalue weighted by Gasteiger charge is 2.30. The zero-order valence-corrected chi connectivity index (χ0v) is 8.65. The van der Waals surface area contributed by atoms with Gasteiger partial charge in [-0.1, -0.05) is 0 Å². The predicted octanol–water partition coefficient (Wildman–Crippen LogP) is 1.74. The minimum Gasteiger partial charge on any atom is -0.381 e. The second-order valence-corrected chi connectivity index (χ2v) is 5.03. The number of ketones is 1. The molecule has 74 valence electrons. The highest BCUT2D eigenvalue weighted by Crippen LogP contribution is 2.28. The Kier molecular flexibility index (Phi) is 3.28. The zero-order valence-electron chi connectivity index (χ0n) is 7.83. The first-order valence-corrected chi connectivity index (χ1v) is 6.22. The minimum atomic E-state index is 0.220. The first kappa shape index (κ1) is 9.53. The summed E-state index contributed by atoms with van der Waals surface area (Å²) in [5.74, 6) is 3.26. The van der Waals surface area contributed by atoms with Crippen LogP contribution in [0.1, 0.15) is 19.3 Å². The predicted molar refractivity (Wildman–Crippen MR) is 54.0 cm³/mol. The molecular weight excluding hydrogens is 184 g/mol. The molecule has 0 radical (unpaired) electrons. The van der Waals surface area contributed by atoms with Gasteiger partial charge in [-0.15, -0.1) is 0 Å². The first-order chi connectivity index (χ1) is 6.38. The van der Waals surface area contributed by atoms with Crippen LogP contribution in [-0.4, -0.2) is 30.5 Å². The third-order valence-corrected chi connectivity index (χ3v) is 4.06. The fraction of sp³-hybridized carbons (Fsp3) is 0.900. The Hall–Kier alpha value is -0.0200. The van der Waals surface area contributed by atoms with E-state index >= 15 is 0 Å². The summed E-state index contributed by atoms with van der Waals surface area (Å²) >= 11 is 1.91. The maximum absolute atomic E-state index is 11.9. The van der Waals surface area contributed by atoms with Gasteiger partial charge < -0.3 is 4.74 Å². The van der Waals surface area contributed by atoms with Crippen molar-refractivity contribution in [3.63, 3.8) is 0 Å². The Morgan fingerprint density at radius 2 is 2.23 bits per heavy atom. The minimum absolute atomic E-state index is 0.220. The normalized spacial score (nSPS) is 34.8. The molecule has 0 aromatic carbocycles. The maximum atomic E-state index is 11.9. The molecule has 2 rings (SSSR count). The van der Waals surface area contributed by atoms with Gasteiger partial charge in [0.2, 0.25) is 0 Å². The van der Waals surface area contributed by atoms with Crippen LogP contribution in [0.25, 0.3) is 0 Å². The molecule has 2 unspecified atom stereocenters. The largest absolute Gasteiger partial charge is 0.381 e. The molecule has 3 heteroatoms. The average molecular weight is 200 g/mol. The second-order valence-electron chi connectivity index (χ2n) is 3.88. The van der Waals surface area contributed by atoms with Gasteiger partial charge in [-0.2, -0.15) is 11.8 Å². The summed E-state index contributed by atoms with van der Waals surface area (Å²) in [6.07, 6.45) is 3.22. The summed E-state index contributed by atoms with van der Waals surface area (Å²) in [7, 11) is 0. The summed E-state index contributed by atoms with van der Waals surface area (Å²) in [6.45, 7) is 1.53. The number of hydrogen-bond acceptors (Lipinski definition) is 3. The van der Waals surface area contributed by atoms with Crippen LogP contribution in [0.3, 0.4) is 0 Å². The van der Waals surface area contributed by atoms with Crippen molar-refractivity contribution in [2.45, 2.75) is 19.3 Å². The van der Waals surface area contributed by atoms with Gasteiger partial charge >= 0.3 is 0 Å². The number of Topliss-reactive ketones (excluding diaryl/α,β-unsaturated/α-hetero) is 1. The van der Waals surface area contributed by atoms with Crippen molar-refractivity contribution in [1.82, 2.24) is 0 Å². The van der Waals surface area contributed by atoms with Gasteiger partial charge in [0.05, 0.1) is 6.61 Å². The summed E-state index contributed by atoms with van der Waals surface area (Å²) in [6, 6.07) is 0. The lowest BCUT2D eigenvalue weighted by molar-refractivity contribution is -0.130. The van der Waals surface area contributed by atoms with E-state index in [9.17, 15) is 4.79 Å². The van der Waals surface area contributed by atoms with E-state index in [-0.39, 0.29) is 5.92 Å². The van der Waals surface area contributed by atoms with Crippen LogP contribution in [0.15, 0.2) is 0 Å². The van der Waals surface area contributed by atoms with Crippen LogP contribution >= 0.6 is 11.8 Å². The van der Waals surface area contributed by atoms with Crippen LogP contribution in [0.5, 0.6) is 0 Å². The van der Waals surface area contributed by atoms with E-state index in [0.717, 1.165) is 31.6 Å². The highest BCUT2D eigenvalue weighted by atomic mass is 32.2. The van der Waals surface area contributed by atoms with E-state index in [4.69, 9.17) is 4.74 Å². The lowest BCUT2D eigenvalue weighted by Gasteiger charge is -2.23. The average Bonchev–Trinajstić information content (AvgIpc) is 2.71. The Labute approximate surface area is 83.4 Å². The van der Waals surface area contributed by atoms with Crippen molar-refractivity contribution in [2.24, 2.45) is 11.8 Å². The van der Waals surface area contributed by atoms with Crippen molar-refractivity contribution >= 4 is 17.5 Å². The number of carbonyl (C=O) groups excluding carboxylic acids is 1. The van der Waals surface area contributed by atoms with E-state index in [1.54, 1.807) is 0 Å². The first-order valence-electron chi connectivity index (χ1n) is 5.07. The molecule has 2 heterocycles. The molecule has 2 aliphatic heterocycles. The van der Waals surface area contributed by atoms with Crippen LogP contribution < -0.4 is 0 Å². The van der Waals surface area contributed by atoms with Crippen LogP contribution in [0, 0.1) is 11.8 Å². The molecule has 2 atom stereocenters. The summed E-state index contributed by atoms with van der Waals surface area (Å²) in [5.41, 5.74) is 0. The topological polar surface area (TPSA) is 26.3 Å². The van der Waals surface area contributed by atoms with E-state index in [1.807, 2.05) is 11.8 Å². The molecule has 0 amide bonds. The molecule has 0 aliphatic carbocycles. The molecule has 2 fully saturated rings. The van der Waals surface area contributed by atoms with E-state index in [2.05, 4.69) is 0 Å². The maximum Gasteiger partial charge on any atom is 0.142 e. The van der Waals surface area contributed by atoms with E-state index < -0.39 is 0 Å². The van der Waals surface area contributed by atoms with Crippen LogP contribution in [0.2, 0.25) is 0 Å². The number of hydrogen-bond donors (Lipinski definition) is 0. The van der Waals surface area contributed by atoms with Crippen LogP contribution in [0.4, 0.5) is 0 Å². The van der Waals surface area contributed by atoms with Gasteiger partial charge in [0.25, 0.3) is 0 Å². The summed E-state index contributed by atoms with van der Waals surface area (Å²) in [5, 5.41) is 0. The summed E-state index contributed by atoms with van der Waals surface area (Å²) in [4.78, 5) is 11.9. The van der Waals surface area contributed by atoms with Crippen molar-refractivity contribution in [3.8, 4) is 0 Å². The highest BCUT2D eigenvalue weighted by molar-refractivity contribution is 7.99. The third kappa shape index (κ3) is 2.26. The lowest BCUT2D eigenvalue weighted by Crippen LogP contribution is -2.30. The van der Waals surface area contributed by atoms with Crippen molar-refractivity contribution in [3.05, 3.63) is 0 Å². The van der Waals surface area contributed by atoms with Crippen molar-refractivity contribution < 1.29 is 9.53 Å². The third-order valence-electron chi connectivity index (χ3n) is 2.89. The standard InChI is InChI=1S/C10H16O2S/c11-10(9-3-5-13-7-9)8-2-1-4-12-6-8/h8-9H,1-7H2. The molecule has 2 nitrogen and oxygen atoms in total. The Morgan fingerprint density at radius 3 is 2.85 bits per heavy atom. The number of carbonyl (C=O) groups is 1. The molecule has 0 N–H and O–H groups in total. The van der Waals surface area contributed by atoms with Gasteiger partial charge in [0, 0.05) is 24.2 Å². The van der Waals surface area contributed by atoms with E-state index in [1.165, 1.54) is 5.75 Å². The van der Waals surface area contributed by atoms with Gasteiger partial charge in [-0.25, -0.2) is 0 Å². The van der Waals surface area contributed by atoms with Crippen LogP contribution in [-0.2, 0) is 9.53 Å². The monoisotopic (exact) mass is 200 g/mol. The van der Waals surface area contributed by atoms with Crippen molar-refractivity contribution in [1.29, 1.82) is 0 Å². The van der Waals surface area contributed by atoms with E-state index in [0.29, 0.717) is 18.3 Å². The Morgan fingerprint density at radius 1 is 1.31 bits per heavy atom.